The molecule has 0 unspecified atom stereocenters. The molecule has 0 aliphatic rings. The number of benzene rings is 2. The van der Waals surface area contributed by atoms with Crippen LogP contribution in [0.3, 0.4) is 0 Å². The minimum Gasteiger partial charge on any atom is -0.494 e. The molecule has 0 heterocycles. The monoisotopic (exact) mass is 367 g/mol. The van der Waals surface area contributed by atoms with Crippen molar-refractivity contribution in [3.63, 3.8) is 0 Å². The van der Waals surface area contributed by atoms with Gasteiger partial charge in [-0.2, -0.15) is 0 Å². The van der Waals surface area contributed by atoms with Crippen molar-refractivity contribution in [3.05, 3.63) is 62.9 Å². The standard InChI is InChI=1S/C16H15ClFN3O4/c1-25-15-5-2-10(8-13(15)18)6-7-19-16(22)20-14-4-3-11(21(23)24)9-12(14)17/h2-5,8-9H,6-7H2,1H3,(H2,19,20,22). The zero-order valence-corrected chi connectivity index (χ0v) is 14.0. The Morgan fingerprint density at radius 2 is 2.08 bits per heavy atom. The number of nitro groups is 1. The summed E-state index contributed by atoms with van der Waals surface area (Å²) in [5.74, 6) is -0.315. The van der Waals surface area contributed by atoms with E-state index in [1.54, 1.807) is 6.07 Å². The number of urea groups is 1. The number of rotatable bonds is 6. The summed E-state index contributed by atoms with van der Waals surface area (Å²) in [5.41, 5.74) is 0.782. The van der Waals surface area contributed by atoms with Crippen LogP contribution in [0.15, 0.2) is 36.4 Å². The molecule has 25 heavy (non-hydrogen) atoms. The van der Waals surface area contributed by atoms with Crippen molar-refractivity contribution in [1.29, 1.82) is 0 Å². The van der Waals surface area contributed by atoms with Crippen LogP contribution in [-0.2, 0) is 6.42 Å². The molecule has 0 aromatic heterocycles. The Balaban J connectivity index is 1.87. The van der Waals surface area contributed by atoms with E-state index in [4.69, 9.17) is 16.3 Å². The number of amides is 2. The number of non-ortho nitro benzene ring substituents is 1. The van der Waals surface area contributed by atoms with E-state index in [1.807, 2.05) is 0 Å². The summed E-state index contributed by atoms with van der Waals surface area (Å²) in [6.45, 7) is 0.266. The highest BCUT2D eigenvalue weighted by atomic mass is 35.5. The molecule has 0 saturated heterocycles. The fourth-order valence-corrected chi connectivity index (χ4v) is 2.29. The average molecular weight is 368 g/mol. The van der Waals surface area contributed by atoms with Crippen LogP contribution in [0.25, 0.3) is 0 Å². The van der Waals surface area contributed by atoms with Gasteiger partial charge in [-0.25, -0.2) is 9.18 Å². The lowest BCUT2D eigenvalue weighted by molar-refractivity contribution is -0.384. The number of ether oxygens (including phenoxy) is 1. The number of nitro benzene ring substituents is 1. The van der Waals surface area contributed by atoms with Gasteiger partial charge in [-0.3, -0.25) is 10.1 Å². The summed E-state index contributed by atoms with van der Waals surface area (Å²) in [5, 5.41) is 15.8. The molecule has 2 amide bonds. The highest BCUT2D eigenvalue weighted by molar-refractivity contribution is 6.33. The van der Waals surface area contributed by atoms with Gasteiger partial charge in [0.15, 0.2) is 11.6 Å². The van der Waals surface area contributed by atoms with Gasteiger partial charge >= 0.3 is 6.03 Å². The Morgan fingerprint density at radius 1 is 1.32 bits per heavy atom. The Morgan fingerprint density at radius 3 is 2.68 bits per heavy atom. The molecule has 2 N–H and O–H groups in total. The first-order valence-electron chi connectivity index (χ1n) is 7.22. The average Bonchev–Trinajstić information content (AvgIpc) is 2.56. The maximum Gasteiger partial charge on any atom is 0.319 e. The van der Waals surface area contributed by atoms with Gasteiger partial charge < -0.3 is 15.4 Å². The number of hydrogen-bond donors (Lipinski definition) is 2. The van der Waals surface area contributed by atoms with Crippen LogP contribution in [0.5, 0.6) is 5.75 Å². The maximum absolute atomic E-state index is 13.6. The van der Waals surface area contributed by atoms with E-state index in [1.165, 1.54) is 31.4 Å². The molecule has 0 fully saturated rings. The van der Waals surface area contributed by atoms with Crippen molar-refractivity contribution in [3.8, 4) is 5.75 Å². The third-order valence-corrected chi connectivity index (χ3v) is 3.64. The first-order valence-corrected chi connectivity index (χ1v) is 7.59. The van der Waals surface area contributed by atoms with Crippen LogP contribution in [0, 0.1) is 15.9 Å². The van der Waals surface area contributed by atoms with Gasteiger partial charge in [0.25, 0.3) is 5.69 Å². The van der Waals surface area contributed by atoms with Gasteiger partial charge in [0.2, 0.25) is 0 Å². The number of carbonyl (C=O) groups excluding carboxylic acids is 1. The van der Waals surface area contributed by atoms with Crippen LogP contribution < -0.4 is 15.4 Å². The second-order valence-corrected chi connectivity index (χ2v) is 5.43. The highest BCUT2D eigenvalue weighted by Crippen LogP contribution is 2.26. The zero-order chi connectivity index (χ0) is 18.4. The Labute approximate surface area is 147 Å². The van der Waals surface area contributed by atoms with Gasteiger partial charge in [-0.05, 0) is 30.2 Å². The number of methoxy groups -OCH3 is 1. The Bertz CT molecular complexity index is 801. The number of nitrogens with one attached hydrogen (secondary N) is 2. The van der Waals surface area contributed by atoms with Crippen LogP contribution in [0.1, 0.15) is 5.56 Å². The number of carbonyl (C=O) groups is 1. The van der Waals surface area contributed by atoms with E-state index >= 15 is 0 Å². The van der Waals surface area contributed by atoms with Gasteiger partial charge in [0.05, 0.1) is 22.7 Å². The lowest BCUT2D eigenvalue weighted by Gasteiger charge is -2.09. The van der Waals surface area contributed by atoms with E-state index in [0.29, 0.717) is 12.0 Å². The first-order chi connectivity index (χ1) is 11.9. The molecule has 0 bridgehead atoms. The van der Waals surface area contributed by atoms with E-state index in [-0.39, 0.29) is 28.7 Å². The summed E-state index contributed by atoms with van der Waals surface area (Å²) < 4.78 is 18.4. The molecule has 2 aromatic carbocycles. The minimum absolute atomic E-state index is 0.0570. The Kier molecular flexibility index (Phi) is 6.13. The molecule has 0 radical (unpaired) electrons. The van der Waals surface area contributed by atoms with E-state index in [2.05, 4.69) is 10.6 Å². The predicted molar refractivity (Wildman–Crippen MR) is 91.8 cm³/mol. The molecule has 0 spiro atoms. The number of anilines is 1. The van der Waals surface area contributed by atoms with Gasteiger partial charge in [0.1, 0.15) is 0 Å². The van der Waals surface area contributed by atoms with E-state index in [0.717, 1.165) is 6.07 Å². The van der Waals surface area contributed by atoms with Crippen molar-refractivity contribution < 1.29 is 18.8 Å². The molecule has 9 heteroatoms. The van der Waals surface area contributed by atoms with E-state index in [9.17, 15) is 19.3 Å². The van der Waals surface area contributed by atoms with Crippen molar-refractivity contribution in [2.24, 2.45) is 0 Å². The van der Waals surface area contributed by atoms with Crippen LogP contribution in [-0.4, -0.2) is 24.6 Å². The van der Waals surface area contributed by atoms with Crippen molar-refractivity contribution in [1.82, 2.24) is 5.32 Å². The molecule has 0 aliphatic heterocycles. The third kappa shape index (κ3) is 5.05. The summed E-state index contributed by atoms with van der Waals surface area (Å²) >= 11 is 5.89. The summed E-state index contributed by atoms with van der Waals surface area (Å²) in [6.07, 6.45) is 0.419. The number of nitrogens with zero attached hydrogens (tertiary/aromatic N) is 1. The van der Waals surface area contributed by atoms with E-state index < -0.39 is 16.8 Å². The predicted octanol–water partition coefficient (Wildman–Crippen LogP) is 3.76. The normalized spacial score (nSPS) is 10.2. The van der Waals surface area contributed by atoms with Crippen LogP contribution in [0.4, 0.5) is 20.6 Å². The van der Waals surface area contributed by atoms with Crippen molar-refractivity contribution in [2.75, 3.05) is 19.0 Å². The molecule has 2 aromatic rings. The van der Waals surface area contributed by atoms with Crippen molar-refractivity contribution >= 4 is 29.0 Å². The largest absolute Gasteiger partial charge is 0.494 e. The van der Waals surface area contributed by atoms with Gasteiger partial charge in [-0.15, -0.1) is 0 Å². The first kappa shape index (κ1) is 18.5. The quantitative estimate of drug-likeness (QED) is 0.600. The van der Waals surface area contributed by atoms with Crippen molar-refractivity contribution in [2.45, 2.75) is 6.42 Å². The van der Waals surface area contributed by atoms with Crippen LogP contribution >= 0.6 is 11.6 Å². The van der Waals surface area contributed by atoms with Gasteiger partial charge in [-0.1, -0.05) is 17.7 Å². The minimum atomic E-state index is -0.580. The Hall–Kier alpha value is -2.87. The second kappa shape index (κ2) is 8.29. The summed E-state index contributed by atoms with van der Waals surface area (Å²) in [4.78, 5) is 21.9. The number of hydrogen-bond acceptors (Lipinski definition) is 4. The fourth-order valence-electron chi connectivity index (χ4n) is 2.07. The highest BCUT2D eigenvalue weighted by Gasteiger charge is 2.11. The SMILES string of the molecule is COc1ccc(CCNC(=O)Nc2ccc([N+](=O)[O-])cc2Cl)cc1F. The van der Waals surface area contributed by atoms with Crippen LogP contribution in [0.2, 0.25) is 5.02 Å². The molecule has 2 rings (SSSR count). The molecule has 132 valence electrons. The summed E-state index contributed by atoms with van der Waals surface area (Å²) in [7, 11) is 1.38. The third-order valence-electron chi connectivity index (χ3n) is 3.33. The molecule has 0 atom stereocenters. The molecule has 7 nitrogen and oxygen atoms in total. The second-order valence-electron chi connectivity index (χ2n) is 5.02. The lowest BCUT2D eigenvalue weighted by atomic mass is 10.1. The topological polar surface area (TPSA) is 93.5 Å². The zero-order valence-electron chi connectivity index (χ0n) is 13.2. The number of halogens is 2. The smallest absolute Gasteiger partial charge is 0.319 e. The molecule has 0 aliphatic carbocycles. The lowest BCUT2D eigenvalue weighted by Crippen LogP contribution is -2.30. The summed E-state index contributed by atoms with van der Waals surface area (Å²) in [6, 6.07) is 7.77. The molecular formula is C16H15ClFN3O4. The molecule has 0 saturated carbocycles. The maximum atomic E-state index is 13.6. The molecular weight excluding hydrogens is 353 g/mol. The fraction of sp³-hybridized carbons (Fsp3) is 0.188. The van der Waals surface area contributed by atoms with Gasteiger partial charge in [0, 0.05) is 18.7 Å².